The number of halogens is 3. The molecule has 5 heteroatoms. The smallest absolute Gasteiger partial charge is 0.164 e. The summed E-state index contributed by atoms with van der Waals surface area (Å²) >= 11 is 3.31. The van der Waals surface area contributed by atoms with Gasteiger partial charge >= 0.3 is 0 Å². The van der Waals surface area contributed by atoms with Crippen LogP contribution >= 0.6 is 15.9 Å². The van der Waals surface area contributed by atoms with Gasteiger partial charge in [-0.3, -0.25) is 0 Å². The Morgan fingerprint density at radius 3 is 2.74 bits per heavy atom. The maximum atomic E-state index is 13.7. The van der Waals surface area contributed by atoms with Crippen LogP contribution in [0.4, 0.5) is 14.5 Å². The minimum absolute atomic E-state index is 0.292. The molecule has 0 amide bonds. The van der Waals surface area contributed by atoms with Gasteiger partial charge in [0.1, 0.15) is 4.60 Å². The standard InChI is InChI=1S/C14H13BrF2N2/c1-8-6-10(7-18-14(8)15)19-9(2)11-4-3-5-12(16)13(11)17/h3-7,9,19H,1-2H3. The lowest BCUT2D eigenvalue weighted by Gasteiger charge is -2.17. The molecule has 1 heterocycles. The van der Waals surface area contributed by atoms with Crippen molar-refractivity contribution in [2.75, 3.05) is 5.32 Å². The summed E-state index contributed by atoms with van der Waals surface area (Å²) < 4.78 is 27.6. The Hall–Kier alpha value is -1.49. The Morgan fingerprint density at radius 2 is 2.05 bits per heavy atom. The van der Waals surface area contributed by atoms with Crippen LogP contribution in [0.2, 0.25) is 0 Å². The van der Waals surface area contributed by atoms with Gasteiger partial charge in [-0.05, 0) is 47.5 Å². The van der Waals surface area contributed by atoms with E-state index in [1.165, 1.54) is 6.07 Å². The van der Waals surface area contributed by atoms with Crippen molar-refractivity contribution in [3.63, 3.8) is 0 Å². The largest absolute Gasteiger partial charge is 0.377 e. The molecule has 0 fully saturated rings. The first-order chi connectivity index (χ1) is 8.99. The maximum absolute atomic E-state index is 13.7. The number of rotatable bonds is 3. The van der Waals surface area contributed by atoms with Gasteiger partial charge in [0, 0.05) is 5.56 Å². The fourth-order valence-electron chi connectivity index (χ4n) is 1.82. The van der Waals surface area contributed by atoms with Gasteiger partial charge in [-0.15, -0.1) is 0 Å². The second-order valence-corrected chi connectivity index (χ2v) is 5.09. The zero-order chi connectivity index (χ0) is 14.0. The predicted molar refractivity (Wildman–Crippen MR) is 75.1 cm³/mol. The number of nitrogens with zero attached hydrogens (tertiary/aromatic N) is 1. The summed E-state index contributed by atoms with van der Waals surface area (Å²) in [4.78, 5) is 4.15. The highest BCUT2D eigenvalue weighted by molar-refractivity contribution is 9.10. The summed E-state index contributed by atoms with van der Waals surface area (Å²) in [5.74, 6) is -1.65. The molecule has 100 valence electrons. The number of pyridine rings is 1. The van der Waals surface area contributed by atoms with E-state index in [1.54, 1.807) is 19.2 Å². The monoisotopic (exact) mass is 326 g/mol. The summed E-state index contributed by atoms with van der Waals surface area (Å²) in [6.45, 7) is 3.69. The average Bonchev–Trinajstić information content (AvgIpc) is 2.37. The van der Waals surface area contributed by atoms with Crippen LogP contribution < -0.4 is 5.32 Å². The zero-order valence-corrected chi connectivity index (χ0v) is 12.1. The van der Waals surface area contributed by atoms with Crippen molar-refractivity contribution in [2.45, 2.75) is 19.9 Å². The summed E-state index contributed by atoms with van der Waals surface area (Å²) in [5.41, 5.74) is 2.02. The van der Waals surface area contributed by atoms with E-state index in [9.17, 15) is 8.78 Å². The Bertz CT molecular complexity index is 602. The lowest BCUT2D eigenvalue weighted by molar-refractivity contribution is 0.494. The topological polar surface area (TPSA) is 24.9 Å². The van der Waals surface area contributed by atoms with Crippen molar-refractivity contribution in [1.82, 2.24) is 4.98 Å². The van der Waals surface area contributed by atoms with E-state index in [0.717, 1.165) is 21.9 Å². The Balaban J connectivity index is 2.23. The second-order valence-electron chi connectivity index (χ2n) is 4.34. The third-order valence-electron chi connectivity index (χ3n) is 2.85. The molecule has 1 N–H and O–H groups in total. The Kier molecular flexibility index (Phi) is 4.14. The highest BCUT2D eigenvalue weighted by atomic mass is 79.9. The van der Waals surface area contributed by atoms with Gasteiger partial charge < -0.3 is 5.32 Å². The van der Waals surface area contributed by atoms with Crippen LogP contribution in [0.1, 0.15) is 24.1 Å². The van der Waals surface area contributed by atoms with Gasteiger partial charge in [0.25, 0.3) is 0 Å². The van der Waals surface area contributed by atoms with Gasteiger partial charge in [-0.1, -0.05) is 12.1 Å². The first-order valence-corrected chi connectivity index (χ1v) is 6.61. The van der Waals surface area contributed by atoms with E-state index in [1.807, 2.05) is 13.0 Å². The van der Waals surface area contributed by atoms with Crippen molar-refractivity contribution in [3.8, 4) is 0 Å². The number of aryl methyl sites for hydroxylation is 1. The molecule has 19 heavy (non-hydrogen) atoms. The van der Waals surface area contributed by atoms with Gasteiger partial charge in [0.05, 0.1) is 17.9 Å². The molecular formula is C14H13BrF2N2. The summed E-state index contributed by atoms with van der Waals surface area (Å²) in [5, 5.41) is 3.10. The van der Waals surface area contributed by atoms with Crippen LogP contribution in [0.5, 0.6) is 0 Å². The van der Waals surface area contributed by atoms with Crippen molar-refractivity contribution in [3.05, 3.63) is 57.8 Å². The van der Waals surface area contributed by atoms with Crippen LogP contribution in [0.15, 0.2) is 35.1 Å². The van der Waals surface area contributed by atoms with E-state index in [2.05, 4.69) is 26.2 Å². The molecule has 2 nitrogen and oxygen atoms in total. The minimum atomic E-state index is -0.837. The molecule has 0 aliphatic heterocycles. The predicted octanol–water partition coefficient (Wildman–Crippen LogP) is 4.60. The zero-order valence-electron chi connectivity index (χ0n) is 10.5. The van der Waals surface area contributed by atoms with E-state index in [4.69, 9.17) is 0 Å². The molecular weight excluding hydrogens is 314 g/mol. The average molecular weight is 327 g/mol. The third kappa shape index (κ3) is 3.10. The summed E-state index contributed by atoms with van der Waals surface area (Å²) in [6.07, 6.45) is 1.64. The van der Waals surface area contributed by atoms with E-state index >= 15 is 0 Å². The SMILES string of the molecule is Cc1cc(NC(C)c2cccc(F)c2F)cnc1Br. The second kappa shape index (κ2) is 5.65. The van der Waals surface area contributed by atoms with Crippen molar-refractivity contribution in [1.29, 1.82) is 0 Å². The third-order valence-corrected chi connectivity index (χ3v) is 3.68. The fourth-order valence-corrected chi connectivity index (χ4v) is 2.04. The molecule has 2 aromatic rings. The number of hydrogen-bond acceptors (Lipinski definition) is 2. The Morgan fingerprint density at radius 1 is 1.32 bits per heavy atom. The number of nitrogens with one attached hydrogen (secondary N) is 1. The van der Waals surface area contributed by atoms with Gasteiger partial charge in [0.15, 0.2) is 11.6 Å². The van der Waals surface area contributed by atoms with E-state index < -0.39 is 11.6 Å². The molecule has 0 radical (unpaired) electrons. The molecule has 2 rings (SSSR count). The van der Waals surface area contributed by atoms with Crippen LogP contribution in [0.3, 0.4) is 0 Å². The van der Waals surface area contributed by atoms with E-state index in [0.29, 0.717) is 5.56 Å². The molecule has 0 spiro atoms. The van der Waals surface area contributed by atoms with Crippen molar-refractivity contribution >= 4 is 21.6 Å². The molecule has 1 aromatic carbocycles. The molecule has 1 unspecified atom stereocenters. The van der Waals surface area contributed by atoms with Crippen molar-refractivity contribution in [2.24, 2.45) is 0 Å². The first kappa shape index (κ1) is 13.9. The highest BCUT2D eigenvalue weighted by Crippen LogP contribution is 2.24. The number of aromatic nitrogens is 1. The number of benzene rings is 1. The minimum Gasteiger partial charge on any atom is -0.377 e. The van der Waals surface area contributed by atoms with Gasteiger partial charge in [-0.25, -0.2) is 13.8 Å². The first-order valence-electron chi connectivity index (χ1n) is 5.81. The molecule has 1 atom stereocenters. The molecule has 0 aliphatic rings. The van der Waals surface area contributed by atoms with Crippen LogP contribution in [-0.4, -0.2) is 4.98 Å². The summed E-state index contributed by atoms with van der Waals surface area (Å²) in [7, 11) is 0. The van der Waals surface area contributed by atoms with Crippen LogP contribution in [-0.2, 0) is 0 Å². The van der Waals surface area contributed by atoms with Gasteiger partial charge in [-0.2, -0.15) is 0 Å². The van der Waals surface area contributed by atoms with E-state index in [-0.39, 0.29) is 6.04 Å². The maximum Gasteiger partial charge on any atom is 0.164 e. The van der Waals surface area contributed by atoms with Gasteiger partial charge in [0.2, 0.25) is 0 Å². The molecule has 0 aliphatic carbocycles. The normalized spacial score (nSPS) is 12.3. The lowest BCUT2D eigenvalue weighted by atomic mass is 10.1. The number of hydrogen-bond donors (Lipinski definition) is 1. The lowest BCUT2D eigenvalue weighted by Crippen LogP contribution is -2.10. The molecule has 1 aromatic heterocycles. The highest BCUT2D eigenvalue weighted by Gasteiger charge is 2.14. The van der Waals surface area contributed by atoms with Crippen molar-refractivity contribution < 1.29 is 8.78 Å². The quantitative estimate of drug-likeness (QED) is 0.833. The summed E-state index contributed by atoms with van der Waals surface area (Å²) in [6, 6.07) is 5.71. The molecule has 0 bridgehead atoms. The Labute approximate surface area is 119 Å². The fraction of sp³-hybridized carbons (Fsp3) is 0.214. The van der Waals surface area contributed by atoms with Crippen LogP contribution in [0.25, 0.3) is 0 Å². The molecule has 0 saturated heterocycles. The van der Waals surface area contributed by atoms with Crippen LogP contribution in [0, 0.1) is 18.6 Å². The number of anilines is 1. The molecule has 0 saturated carbocycles.